The Morgan fingerprint density at radius 2 is 2.14 bits per heavy atom. The second-order valence-corrected chi connectivity index (χ2v) is 3.10. The number of aromatic nitrogens is 3. The summed E-state index contributed by atoms with van der Waals surface area (Å²) in [4.78, 5) is 4.15. The number of rotatable bonds is 2. The molecule has 0 amide bonds. The minimum atomic E-state index is 0.294. The molecule has 1 aromatic heterocycles. The van der Waals surface area contributed by atoms with Gasteiger partial charge in [-0.05, 0) is 25.1 Å². The highest BCUT2D eigenvalue weighted by molar-refractivity contribution is 6.31. The summed E-state index contributed by atoms with van der Waals surface area (Å²) in [5, 5.41) is 8.36. The van der Waals surface area contributed by atoms with E-state index in [4.69, 9.17) is 16.3 Å². The molecule has 14 heavy (non-hydrogen) atoms. The molecule has 2 aromatic rings. The van der Waals surface area contributed by atoms with Crippen molar-refractivity contribution in [1.82, 2.24) is 15.2 Å². The lowest BCUT2D eigenvalue weighted by molar-refractivity contribution is 0.310. The van der Waals surface area contributed by atoms with E-state index in [2.05, 4.69) is 15.2 Å². The van der Waals surface area contributed by atoms with Crippen LogP contribution in [0.3, 0.4) is 0 Å². The monoisotopic (exact) mass is 209 g/mol. The average Bonchev–Trinajstić information content (AvgIpc) is 2.19. The minimum Gasteiger partial charge on any atom is -0.463 e. The van der Waals surface area contributed by atoms with E-state index in [1.165, 1.54) is 0 Å². The predicted molar refractivity (Wildman–Crippen MR) is 53.5 cm³/mol. The van der Waals surface area contributed by atoms with Gasteiger partial charge in [0.05, 0.1) is 12.1 Å². The summed E-state index contributed by atoms with van der Waals surface area (Å²) in [6, 6.07) is 5.55. The van der Waals surface area contributed by atoms with Crippen molar-refractivity contribution >= 4 is 22.6 Å². The minimum absolute atomic E-state index is 0.294. The molecule has 0 spiro atoms. The molecule has 4 nitrogen and oxygen atoms in total. The van der Waals surface area contributed by atoms with Crippen LogP contribution < -0.4 is 4.74 Å². The quantitative estimate of drug-likeness (QED) is 0.760. The van der Waals surface area contributed by atoms with Crippen LogP contribution in [0.15, 0.2) is 18.2 Å². The zero-order chi connectivity index (χ0) is 9.97. The molecule has 5 heteroatoms. The third kappa shape index (κ3) is 1.75. The van der Waals surface area contributed by atoms with Crippen molar-refractivity contribution in [3.63, 3.8) is 0 Å². The molecule has 2 rings (SSSR count). The molecule has 0 saturated heterocycles. The fourth-order valence-corrected chi connectivity index (χ4v) is 1.25. The molecular weight excluding hydrogens is 202 g/mol. The predicted octanol–water partition coefficient (Wildman–Crippen LogP) is 2.08. The topological polar surface area (TPSA) is 47.9 Å². The third-order valence-corrected chi connectivity index (χ3v) is 1.91. The van der Waals surface area contributed by atoms with Gasteiger partial charge in [-0.2, -0.15) is 4.98 Å². The van der Waals surface area contributed by atoms with E-state index >= 15 is 0 Å². The van der Waals surface area contributed by atoms with Crippen LogP contribution in [0, 0.1) is 0 Å². The smallest absolute Gasteiger partial charge is 0.336 e. The van der Waals surface area contributed by atoms with Crippen molar-refractivity contribution in [3.8, 4) is 6.01 Å². The number of halogens is 1. The maximum absolute atomic E-state index is 5.79. The van der Waals surface area contributed by atoms with Gasteiger partial charge in [0.15, 0.2) is 0 Å². The highest BCUT2D eigenvalue weighted by Crippen LogP contribution is 2.16. The third-order valence-electron chi connectivity index (χ3n) is 1.67. The molecular formula is C9H8ClN3O. The second kappa shape index (κ2) is 3.75. The van der Waals surface area contributed by atoms with Crippen LogP contribution >= 0.6 is 11.6 Å². The number of ether oxygens (including phenoxy) is 1. The Balaban J connectivity index is 2.50. The highest BCUT2D eigenvalue weighted by Gasteiger charge is 2.01. The van der Waals surface area contributed by atoms with E-state index in [1.807, 2.05) is 6.92 Å². The first-order valence-corrected chi connectivity index (χ1v) is 4.60. The Hall–Kier alpha value is -1.42. The zero-order valence-corrected chi connectivity index (χ0v) is 8.32. The van der Waals surface area contributed by atoms with Crippen LogP contribution in [0.25, 0.3) is 11.0 Å². The Kier molecular flexibility index (Phi) is 2.45. The van der Waals surface area contributed by atoms with Gasteiger partial charge in [0.1, 0.15) is 5.52 Å². The second-order valence-electron chi connectivity index (χ2n) is 2.66. The van der Waals surface area contributed by atoms with Crippen LogP contribution in [-0.2, 0) is 0 Å². The Bertz CT molecular complexity index is 461. The summed E-state index contributed by atoms with van der Waals surface area (Å²) < 4.78 is 5.13. The normalized spacial score (nSPS) is 10.4. The number of hydrogen-bond donors (Lipinski definition) is 0. The van der Waals surface area contributed by atoms with E-state index < -0.39 is 0 Å². The highest BCUT2D eigenvalue weighted by atomic mass is 35.5. The molecule has 0 unspecified atom stereocenters. The van der Waals surface area contributed by atoms with E-state index in [9.17, 15) is 0 Å². The maximum Gasteiger partial charge on any atom is 0.336 e. The van der Waals surface area contributed by atoms with E-state index in [0.717, 1.165) is 5.52 Å². The molecule has 0 aliphatic rings. The van der Waals surface area contributed by atoms with Gasteiger partial charge in [-0.25, -0.2) is 0 Å². The molecule has 0 saturated carbocycles. The molecule has 0 fully saturated rings. The van der Waals surface area contributed by atoms with Crippen molar-refractivity contribution in [1.29, 1.82) is 0 Å². The molecule has 1 aromatic carbocycles. The lowest BCUT2D eigenvalue weighted by atomic mass is 10.3. The Morgan fingerprint density at radius 1 is 1.29 bits per heavy atom. The first-order chi connectivity index (χ1) is 6.79. The van der Waals surface area contributed by atoms with Gasteiger partial charge in [-0.15, -0.1) is 5.10 Å². The maximum atomic E-state index is 5.79. The number of nitrogens with zero attached hydrogens (tertiary/aromatic N) is 3. The summed E-state index contributed by atoms with van der Waals surface area (Å²) in [6.45, 7) is 2.40. The van der Waals surface area contributed by atoms with E-state index in [-0.39, 0.29) is 0 Å². The fraction of sp³-hybridized carbons (Fsp3) is 0.222. The summed E-state index contributed by atoms with van der Waals surface area (Å²) in [7, 11) is 0. The van der Waals surface area contributed by atoms with Gasteiger partial charge in [-0.1, -0.05) is 16.7 Å². The summed E-state index contributed by atoms with van der Waals surface area (Å²) in [6.07, 6.45) is 0. The lowest BCUT2D eigenvalue weighted by Gasteiger charge is -2.00. The molecule has 0 atom stereocenters. The van der Waals surface area contributed by atoms with Crippen LogP contribution in [0.1, 0.15) is 6.92 Å². The van der Waals surface area contributed by atoms with Gasteiger partial charge in [0, 0.05) is 5.02 Å². The number of benzene rings is 1. The largest absolute Gasteiger partial charge is 0.463 e. The van der Waals surface area contributed by atoms with Gasteiger partial charge in [-0.3, -0.25) is 0 Å². The van der Waals surface area contributed by atoms with Crippen molar-refractivity contribution in [3.05, 3.63) is 23.2 Å². The van der Waals surface area contributed by atoms with Crippen molar-refractivity contribution in [2.45, 2.75) is 6.92 Å². The molecule has 0 radical (unpaired) electrons. The first kappa shape index (κ1) is 9.15. The first-order valence-electron chi connectivity index (χ1n) is 4.22. The van der Waals surface area contributed by atoms with Gasteiger partial charge in [0.2, 0.25) is 0 Å². The van der Waals surface area contributed by atoms with Crippen LogP contribution in [0.5, 0.6) is 6.01 Å². The molecule has 0 aliphatic heterocycles. The van der Waals surface area contributed by atoms with E-state index in [1.54, 1.807) is 18.2 Å². The number of fused-ring (bicyclic) bond motifs is 1. The number of hydrogen-bond acceptors (Lipinski definition) is 4. The van der Waals surface area contributed by atoms with Gasteiger partial charge < -0.3 is 4.74 Å². The SMILES string of the molecule is CCOc1nnc2cc(Cl)ccc2n1. The molecule has 72 valence electrons. The average molecular weight is 210 g/mol. The van der Waals surface area contributed by atoms with Crippen LogP contribution in [0.2, 0.25) is 5.02 Å². The van der Waals surface area contributed by atoms with E-state index in [0.29, 0.717) is 23.2 Å². The standard InChI is InChI=1S/C9H8ClN3O/c1-2-14-9-11-7-4-3-6(10)5-8(7)12-13-9/h3-5H,2H2,1H3. The lowest BCUT2D eigenvalue weighted by Crippen LogP contribution is -1.99. The summed E-state index contributed by atoms with van der Waals surface area (Å²) >= 11 is 5.79. The van der Waals surface area contributed by atoms with Crippen molar-refractivity contribution < 1.29 is 4.74 Å². The molecule has 0 aliphatic carbocycles. The van der Waals surface area contributed by atoms with Crippen molar-refractivity contribution in [2.75, 3.05) is 6.61 Å². The molecule has 0 N–H and O–H groups in total. The fourth-order valence-electron chi connectivity index (χ4n) is 1.08. The Morgan fingerprint density at radius 3 is 2.93 bits per heavy atom. The zero-order valence-electron chi connectivity index (χ0n) is 7.57. The summed E-state index contributed by atoms with van der Waals surface area (Å²) in [5.74, 6) is 0. The Labute approximate surface area is 85.9 Å². The van der Waals surface area contributed by atoms with Gasteiger partial charge >= 0.3 is 6.01 Å². The van der Waals surface area contributed by atoms with Crippen molar-refractivity contribution in [2.24, 2.45) is 0 Å². The van der Waals surface area contributed by atoms with Crippen LogP contribution in [-0.4, -0.2) is 21.8 Å². The summed E-state index contributed by atoms with van der Waals surface area (Å²) in [5.41, 5.74) is 1.40. The van der Waals surface area contributed by atoms with Gasteiger partial charge in [0.25, 0.3) is 0 Å². The molecule has 0 bridgehead atoms. The molecule has 1 heterocycles. The van der Waals surface area contributed by atoms with Crippen LogP contribution in [0.4, 0.5) is 0 Å².